The van der Waals surface area contributed by atoms with Crippen molar-refractivity contribution in [1.82, 2.24) is 9.88 Å². The van der Waals surface area contributed by atoms with Gasteiger partial charge in [-0.05, 0) is 37.7 Å². The van der Waals surface area contributed by atoms with Crippen molar-refractivity contribution >= 4 is 11.6 Å². The first-order valence-corrected chi connectivity index (χ1v) is 6.90. The minimum atomic E-state index is -0.0845. The number of methoxy groups -OCH3 is 1. The average Bonchev–Trinajstić information content (AvgIpc) is 2.95. The number of hydrogen-bond donors (Lipinski definition) is 2. The quantitative estimate of drug-likeness (QED) is 0.858. The summed E-state index contributed by atoms with van der Waals surface area (Å²) in [5, 5.41) is 6.03. The largest absolute Gasteiger partial charge is 0.495 e. The Kier molecular flexibility index (Phi) is 5.00. The van der Waals surface area contributed by atoms with E-state index in [9.17, 15) is 4.79 Å². The van der Waals surface area contributed by atoms with E-state index in [0.717, 1.165) is 5.56 Å². The predicted octanol–water partition coefficient (Wildman–Crippen LogP) is 2.42. The molecule has 1 aromatic heterocycles. The second kappa shape index (κ2) is 6.95. The van der Waals surface area contributed by atoms with Crippen LogP contribution in [-0.4, -0.2) is 24.6 Å². The molecule has 21 heavy (non-hydrogen) atoms. The molecule has 0 aliphatic heterocycles. The van der Waals surface area contributed by atoms with Crippen LogP contribution in [0.2, 0.25) is 0 Å². The molecule has 2 rings (SSSR count). The molecule has 1 heterocycles. The van der Waals surface area contributed by atoms with Gasteiger partial charge in [0.1, 0.15) is 12.3 Å². The molecule has 2 N–H and O–H groups in total. The van der Waals surface area contributed by atoms with Crippen molar-refractivity contribution in [1.29, 1.82) is 0 Å². The summed E-state index contributed by atoms with van der Waals surface area (Å²) < 4.78 is 7.09. The zero-order valence-corrected chi connectivity index (χ0v) is 12.6. The van der Waals surface area contributed by atoms with E-state index < -0.39 is 0 Å². The van der Waals surface area contributed by atoms with Crippen LogP contribution in [0.25, 0.3) is 0 Å². The highest BCUT2D eigenvalue weighted by atomic mass is 16.5. The van der Waals surface area contributed by atoms with E-state index in [-0.39, 0.29) is 18.5 Å². The van der Waals surface area contributed by atoms with Gasteiger partial charge in [-0.3, -0.25) is 4.79 Å². The molecule has 1 unspecified atom stereocenters. The molecule has 1 atom stereocenters. The van der Waals surface area contributed by atoms with Crippen LogP contribution in [0.5, 0.6) is 5.75 Å². The van der Waals surface area contributed by atoms with Gasteiger partial charge in [0.15, 0.2) is 0 Å². The van der Waals surface area contributed by atoms with Crippen molar-refractivity contribution in [2.75, 3.05) is 19.5 Å². The molecule has 1 amide bonds. The van der Waals surface area contributed by atoms with Gasteiger partial charge in [-0.1, -0.05) is 12.1 Å². The van der Waals surface area contributed by atoms with Crippen LogP contribution in [0.1, 0.15) is 18.5 Å². The molecule has 0 fully saturated rings. The van der Waals surface area contributed by atoms with E-state index in [2.05, 4.69) is 17.6 Å². The molecule has 0 saturated carbocycles. The van der Waals surface area contributed by atoms with E-state index in [0.29, 0.717) is 11.4 Å². The van der Waals surface area contributed by atoms with Gasteiger partial charge in [-0.15, -0.1) is 0 Å². The summed E-state index contributed by atoms with van der Waals surface area (Å²) >= 11 is 0. The highest BCUT2D eigenvalue weighted by molar-refractivity contribution is 5.92. The SMILES string of the molecule is CNC(C)c1ccn(CC(=O)Nc2ccccc2OC)c1. The zero-order chi connectivity index (χ0) is 15.2. The number of rotatable bonds is 6. The van der Waals surface area contributed by atoms with E-state index in [1.165, 1.54) is 0 Å². The van der Waals surface area contributed by atoms with Crippen molar-refractivity contribution in [2.24, 2.45) is 0 Å². The second-order valence-electron chi connectivity index (χ2n) is 4.88. The van der Waals surface area contributed by atoms with Crippen LogP contribution in [0.4, 0.5) is 5.69 Å². The molecule has 0 spiro atoms. The summed E-state index contributed by atoms with van der Waals surface area (Å²) in [6.45, 7) is 2.35. The summed E-state index contributed by atoms with van der Waals surface area (Å²) in [6, 6.07) is 9.64. The number of benzene rings is 1. The lowest BCUT2D eigenvalue weighted by atomic mass is 10.2. The Morgan fingerprint density at radius 2 is 2.10 bits per heavy atom. The van der Waals surface area contributed by atoms with Crippen molar-refractivity contribution in [3.63, 3.8) is 0 Å². The smallest absolute Gasteiger partial charge is 0.244 e. The lowest BCUT2D eigenvalue weighted by Crippen LogP contribution is -2.18. The summed E-state index contributed by atoms with van der Waals surface area (Å²) in [6.07, 6.45) is 3.88. The Morgan fingerprint density at radius 1 is 1.33 bits per heavy atom. The van der Waals surface area contributed by atoms with Crippen LogP contribution in [0, 0.1) is 0 Å². The van der Waals surface area contributed by atoms with E-state index >= 15 is 0 Å². The lowest BCUT2D eigenvalue weighted by Gasteiger charge is -2.10. The molecule has 5 heteroatoms. The van der Waals surface area contributed by atoms with Gasteiger partial charge < -0.3 is 19.9 Å². The number of carbonyl (C=O) groups is 1. The standard InChI is InChI=1S/C16H21N3O2/c1-12(17-2)13-8-9-19(10-13)11-16(20)18-14-6-4-5-7-15(14)21-3/h4-10,12,17H,11H2,1-3H3,(H,18,20). The number of ether oxygens (including phenoxy) is 1. The van der Waals surface area contributed by atoms with Gasteiger partial charge in [0.2, 0.25) is 5.91 Å². The van der Waals surface area contributed by atoms with E-state index in [4.69, 9.17) is 4.74 Å². The first-order chi connectivity index (χ1) is 10.1. The van der Waals surface area contributed by atoms with Crippen LogP contribution in [0.3, 0.4) is 0 Å². The molecule has 0 saturated heterocycles. The van der Waals surface area contributed by atoms with Gasteiger partial charge in [-0.2, -0.15) is 0 Å². The predicted molar refractivity (Wildman–Crippen MR) is 83.5 cm³/mol. The fraction of sp³-hybridized carbons (Fsp3) is 0.312. The van der Waals surface area contributed by atoms with Gasteiger partial charge >= 0.3 is 0 Å². The summed E-state index contributed by atoms with van der Waals surface area (Å²) in [5.41, 5.74) is 1.84. The second-order valence-corrected chi connectivity index (χ2v) is 4.88. The van der Waals surface area contributed by atoms with Crippen LogP contribution >= 0.6 is 0 Å². The topological polar surface area (TPSA) is 55.3 Å². The molecule has 0 radical (unpaired) electrons. The number of hydrogen-bond acceptors (Lipinski definition) is 3. The maximum Gasteiger partial charge on any atom is 0.244 e. The third-order valence-corrected chi connectivity index (χ3v) is 3.41. The summed E-state index contributed by atoms with van der Waals surface area (Å²) in [5.74, 6) is 0.571. The Balaban J connectivity index is 2.00. The number of amides is 1. The molecular weight excluding hydrogens is 266 g/mol. The molecular formula is C16H21N3O2. The highest BCUT2D eigenvalue weighted by Gasteiger charge is 2.09. The molecule has 0 aliphatic rings. The molecule has 0 aliphatic carbocycles. The Morgan fingerprint density at radius 3 is 2.81 bits per heavy atom. The molecule has 1 aromatic carbocycles. The molecule has 112 valence electrons. The third kappa shape index (κ3) is 3.86. The number of para-hydroxylation sites is 2. The average molecular weight is 287 g/mol. The number of nitrogens with zero attached hydrogens (tertiary/aromatic N) is 1. The van der Waals surface area contributed by atoms with Crippen molar-refractivity contribution in [2.45, 2.75) is 19.5 Å². The van der Waals surface area contributed by atoms with Crippen molar-refractivity contribution < 1.29 is 9.53 Å². The summed E-state index contributed by atoms with van der Waals surface area (Å²) in [7, 11) is 3.50. The number of carbonyl (C=O) groups excluding carboxylic acids is 1. The van der Waals surface area contributed by atoms with Gasteiger partial charge in [-0.25, -0.2) is 0 Å². The first-order valence-electron chi connectivity index (χ1n) is 6.90. The normalized spacial score (nSPS) is 12.0. The third-order valence-electron chi connectivity index (χ3n) is 3.41. The van der Waals surface area contributed by atoms with Crippen molar-refractivity contribution in [3.8, 4) is 5.75 Å². The fourth-order valence-corrected chi connectivity index (χ4v) is 2.08. The molecule has 0 bridgehead atoms. The molecule has 5 nitrogen and oxygen atoms in total. The van der Waals surface area contributed by atoms with Gasteiger partial charge in [0.25, 0.3) is 0 Å². The number of nitrogens with one attached hydrogen (secondary N) is 2. The monoisotopic (exact) mass is 287 g/mol. The minimum Gasteiger partial charge on any atom is -0.495 e. The minimum absolute atomic E-state index is 0.0845. The number of anilines is 1. The number of aromatic nitrogens is 1. The van der Waals surface area contributed by atoms with Gasteiger partial charge in [0, 0.05) is 18.4 Å². The Bertz CT molecular complexity index is 607. The maximum atomic E-state index is 12.1. The summed E-state index contributed by atoms with van der Waals surface area (Å²) in [4.78, 5) is 12.1. The van der Waals surface area contributed by atoms with Crippen LogP contribution in [0.15, 0.2) is 42.7 Å². The van der Waals surface area contributed by atoms with Crippen LogP contribution in [-0.2, 0) is 11.3 Å². The first kappa shape index (κ1) is 15.1. The van der Waals surface area contributed by atoms with Crippen molar-refractivity contribution in [3.05, 3.63) is 48.3 Å². The highest BCUT2D eigenvalue weighted by Crippen LogP contribution is 2.23. The van der Waals surface area contributed by atoms with E-state index in [1.807, 2.05) is 54.3 Å². The maximum absolute atomic E-state index is 12.1. The zero-order valence-electron chi connectivity index (χ0n) is 12.6. The van der Waals surface area contributed by atoms with Gasteiger partial charge in [0.05, 0.1) is 12.8 Å². The Hall–Kier alpha value is -2.27. The fourth-order valence-electron chi connectivity index (χ4n) is 2.08. The lowest BCUT2D eigenvalue weighted by molar-refractivity contribution is -0.116. The van der Waals surface area contributed by atoms with E-state index in [1.54, 1.807) is 7.11 Å². The Labute approximate surface area is 124 Å². The van der Waals surface area contributed by atoms with Crippen LogP contribution < -0.4 is 15.4 Å². The molecule has 2 aromatic rings.